The molecule has 1 rings (SSSR count). The van der Waals surface area contributed by atoms with E-state index in [0.717, 1.165) is 11.4 Å². The molecule has 1 aromatic heterocycles. The second-order valence-corrected chi connectivity index (χ2v) is 3.76. The van der Waals surface area contributed by atoms with Crippen LogP contribution >= 0.6 is 11.3 Å². The Hall–Kier alpha value is -1.10. The Bertz CT molecular complexity index is 281. The summed E-state index contributed by atoms with van der Waals surface area (Å²) in [5.74, 6) is 0.495. The number of thiazole rings is 1. The van der Waals surface area contributed by atoms with E-state index in [9.17, 15) is 0 Å². The Morgan fingerprint density at radius 3 is 3.00 bits per heavy atom. The third-order valence-corrected chi connectivity index (χ3v) is 2.70. The quantitative estimate of drug-likeness (QED) is 0.587. The van der Waals surface area contributed by atoms with E-state index in [1.165, 1.54) is 0 Å². The molecule has 0 aliphatic heterocycles. The molecule has 1 heterocycles. The van der Waals surface area contributed by atoms with Gasteiger partial charge >= 0.3 is 0 Å². The SMILES string of the molecule is CCN=C(N)NC(CC)c1nccs1. The molecule has 0 aliphatic carbocycles. The number of rotatable bonds is 4. The maximum absolute atomic E-state index is 5.68. The average Bonchev–Trinajstić information content (AvgIpc) is 2.67. The number of hydrogen-bond donors (Lipinski definition) is 2. The van der Waals surface area contributed by atoms with Crippen molar-refractivity contribution in [3.05, 3.63) is 16.6 Å². The van der Waals surface area contributed by atoms with Crippen LogP contribution in [-0.4, -0.2) is 17.5 Å². The van der Waals surface area contributed by atoms with Crippen molar-refractivity contribution >= 4 is 17.3 Å². The van der Waals surface area contributed by atoms with Crippen molar-refractivity contribution in [1.29, 1.82) is 0 Å². The van der Waals surface area contributed by atoms with Crippen molar-refractivity contribution < 1.29 is 0 Å². The van der Waals surface area contributed by atoms with Gasteiger partial charge in [0, 0.05) is 18.1 Å². The number of nitrogens with zero attached hydrogens (tertiary/aromatic N) is 2. The lowest BCUT2D eigenvalue weighted by atomic mass is 10.2. The molecule has 0 radical (unpaired) electrons. The Kier molecular flexibility index (Phi) is 4.39. The van der Waals surface area contributed by atoms with Crippen molar-refractivity contribution in [3.63, 3.8) is 0 Å². The van der Waals surface area contributed by atoms with Crippen LogP contribution in [0.5, 0.6) is 0 Å². The van der Waals surface area contributed by atoms with Crippen LogP contribution in [0.4, 0.5) is 0 Å². The molecule has 0 spiro atoms. The van der Waals surface area contributed by atoms with E-state index in [2.05, 4.69) is 22.2 Å². The van der Waals surface area contributed by atoms with Crippen molar-refractivity contribution in [2.75, 3.05) is 6.54 Å². The summed E-state index contributed by atoms with van der Waals surface area (Å²) in [7, 11) is 0. The molecule has 0 aliphatic rings. The molecular weight excluding hydrogens is 196 g/mol. The Morgan fingerprint density at radius 2 is 2.50 bits per heavy atom. The average molecular weight is 212 g/mol. The molecule has 0 saturated heterocycles. The van der Waals surface area contributed by atoms with Crippen LogP contribution in [-0.2, 0) is 0 Å². The van der Waals surface area contributed by atoms with Crippen molar-refractivity contribution in [3.8, 4) is 0 Å². The Labute approximate surface area is 88.3 Å². The van der Waals surface area contributed by atoms with Gasteiger partial charge in [-0.1, -0.05) is 6.92 Å². The minimum absolute atomic E-state index is 0.185. The standard InChI is InChI=1S/C9H16N4S/c1-3-7(8-12-5-6-14-8)13-9(10)11-4-2/h5-7H,3-4H2,1-2H3,(H3,10,11,13). The van der Waals surface area contributed by atoms with Crippen LogP contribution in [0.3, 0.4) is 0 Å². The molecule has 1 atom stereocenters. The lowest BCUT2D eigenvalue weighted by Gasteiger charge is -2.14. The number of nitrogens with one attached hydrogen (secondary N) is 1. The zero-order chi connectivity index (χ0) is 10.4. The molecule has 1 unspecified atom stereocenters. The zero-order valence-corrected chi connectivity index (χ0v) is 9.34. The van der Waals surface area contributed by atoms with Crippen molar-refractivity contribution in [2.45, 2.75) is 26.3 Å². The van der Waals surface area contributed by atoms with Crippen molar-refractivity contribution in [1.82, 2.24) is 10.3 Å². The summed E-state index contributed by atoms with van der Waals surface area (Å²) in [4.78, 5) is 8.33. The minimum atomic E-state index is 0.185. The number of aromatic nitrogens is 1. The van der Waals surface area contributed by atoms with Gasteiger partial charge in [-0.2, -0.15) is 0 Å². The maximum Gasteiger partial charge on any atom is 0.189 e. The first kappa shape index (κ1) is 11.0. The van der Waals surface area contributed by atoms with E-state index in [1.54, 1.807) is 17.5 Å². The molecule has 0 bridgehead atoms. The summed E-state index contributed by atoms with van der Waals surface area (Å²) in [6.07, 6.45) is 2.75. The fourth-order valence-electron chi connectivity index (χ4n) is 1.14. The summed E-state index contributed by atoms with van der Waals surface area (Å²) in [6, 6.07) is 0.185. The van der Waals surface area contributed by atoms with Gasteiger partial charge in [-0.3, -0.25) is 4.99 Å². The van der Waals surface area contributed by atoms with Gasteiger partial charge in [0.25, 0.3) is 0 Å². The predicted molar refractivity (Wildman–Crippen MR) is 60.4 cm³/mol. The summed E-state index contributed by atoms with van der Waals surface area (Å²) in [5.41, 5.74) is 5.68. The fraction of sp³-hybridized carbons (Fsp3) is 0.556. The monoisotopic (exact) mass is 212 g/mol. The highest BCUT2D eigenvalue weighted by molar-refractivity contribution is 7.09. The van der Waals surface area contributed by atoms with Gasteiger partial charge < -0.3 is 11.1 Å². The maximum atomic E-state index is 5.68. The second kappa shape index (κ2) is 5.59. The summed E-state index contributed by atoms with van der Waals surface area (Å²) in [5, 5.41) is 6.17. The molecule has 4 nitrogen and oxygen atoms in total. The van der Waals surface area contributed by atoms with Crippen LogP contribution in [0.15, 0.2) is 16.6 Å². The molecule has 0 aromatic carbocycles. The van der Waals surface area contributed by atoms with E-state index >= 15 is 0 Å². The highest BCUT2D eigenvalue weighted by Crippen LogP contribution is 2.18. The van der Waals surface area contributed by atoms with Gasteiger partial charge in [0.1, 0.15) is 5.01 Å². The topological polar surface area (TPSA) is 63.3 Å². The van der Waals surface area contributed by atoms with E-state index in [4.69, 9.17) is 5.73 Å². The van der Waals surface area contributed by atoms with Crippen molar-refractivity contribution in [2.24, 2.45) is 10.7 Å². The number of hydrogen-bond acceptors (Lipinski definition) is 3. The van der Waals surface area contributed by atoms with E-state index in [-0.39, 0.29) is 6.04 Å². The lowest BCUT2D eigenvalue weighted by molar-refractivity contribution is 0.616. The molecule has 78 valence electrons. The van der Waals surface area contributed by atoms with Gasteiger partial charge in [0.05, 0.1) is 6.04 Å². The number of guanidine groups is 1. The van der Waals surface area contributed by atoms with Crippen LogP contribution in [0, 0.1) is 0 Å². The van der Waals surface area contributed by atoms with E-state index in [0.29, 0.717) is 12.5 Å². The fourth-order valence-corrected chi connectivity index (χ4v) is 1.91. The van der Waals surface area contributed by atoms with Gasteiger partial charge in [-0.25, -0.2) is 4.98 Å². The molecule has 5 heteroatoms. The highest BCUT2D eigenvalue weighted by atomic mass is 32.1. The summed E-state index contributed by atoms with van der Waals surface area (Å²) in [6.45, 7) is 4.75. The van der Waals surface area contributed by atoms with Crippen LogP contribution < -0.4 is 11.1 Å². The van der Waals surface area contributed by atoms with Crippen LogP contribution in [0.2, 0.25) is 0 Å². The zero-order valence-electron chi connectivity index (χ0n) is 8.53. The normalized spacial score (nSPS) is 14.0. The number of nitrogens with two attached hydrogens (primary N) is 1. The first-order valence-electron chi connectivity index (χ1n) is 4.73. The van der Waals surface area contributed by atoms with Gasteiger partial charge in [0.2, 0.25) is 0 Å². The molecule has 1 aromatic rings. The van der Waals surface area contributed by atoms with Gasteiger partial charge in [-0.05, 0) is 13.3 Å². The molecule has 0 saturated carbocycles. The third-order valence-electron chi connectivity index (χ3n) is 1.81. The smallest absolute Gasteiger partial charge is 0.189 e. The van der Waals surface area contributed by atoms with Crippen LogP contribution in [0.1, 0.15) is 31.3 Å². The largest absolute Gasteiger partial charge is 0.370 e. The first-order valence-corrected chi connectivity index (χ1v) is 5.61. The molecule has 14 heavy (non-hydrogen) atoms. The van der Waals surface area contributed by atoms with Crippen LogP contribution in [0.25, 0.3) is 0 Å². The summed E-state index contributed by atoms with van der Waals surface area (Å²) >= 11 is 1.63. The first-order chi connectivity index (χ1) is 6.77. The van der Waals surface area contributed by atoms with E-state index < -0.39 is 0 Å². The lowest BCUT2D eigenvalue weighted by Crippen LogP contribution is -2.34. The predicted octanol–water partition coefficient (Wildman–Crippen LogP) is 1.52. The molecule has 3 N–H and O–H groups in total. The third kappa shape index (κ3) is 2.99. The summed E-state index contributed by atoms with van der Waals surface area (Å²) < 4.78 is 0. The molecule has 0 fully saturated rings. The minimum Gasteiger partial charge on any atom is -0.370 e. The van der Waals surface area contributed by atoms with E-state index in [1.807, 2.05) is 12.3 Å². The molecule has 0 amide bonds. The second-order valence-electron chi connectivity index (χ2n) is 2.84. The van der Waals surface area contributed by atoms with Gasteiger partial charge in [-0.15, -0.1) is 11.3 Å². The van der Waals surface area contributed by atoms with Gasteiger partial charge in [0.15, 0.2) is 5.96 Å². The number of aliphatic imine (C=N–C) groups is 1. The Morgan fingerprint density at radius 1 is 1.71 bits per heavy atom. The highest BCUT2D eigenvalue weighted by Gasteiger charge is 2.11. The molecular formula is C9H16N4S. The Balaban J connectivity index is 2.60.